The average Bonchev–Trinajstić information content (AvgIpc) is 3.09. The number of fused-ring (bicyclic) bond motifs is 1. The number of carbonyl (C=O) groups is 1. The molecule has 24 heavy (non-hydrogen) atoms. The van der Waals surface area contributed by atoms with E-state index in [-0.39, 0.29) is 22.7 Å². The van der Waals surface area contributed by atoms with Crippen LogP contribution >= 0.6 is 22.9 Å². The molecule has 0 saturated heterocycles. The summed E-state index contributed by atoms with van der Waals surface area (Å²) in [5, 5.41) is 0. The molecular formula is C16H17ClN2O3S2. The van der Waals surface area contributed by atoms with Gasteiger partial charge < -0.3 is 4.90 Å². The van der Waals surface area contributed by atoms with Gasteiger partial charge >= 0.3 is 0 Å². The van der Waals surface area contributed by atoms with Gasteiger partial charge in [0.15, 0.2) is 0 Å². The summed E-state index contributed by atoms with van der Waals surface area (Å²) in [4.78, 5) is 14.4. The number of anilines is 1. The summed E-state index contributed by atoms with van der Waals surface area (Å²) in [6.45, 7) is 1.75. The molecule has 0 radical (unpaired) electrons. The maximum Gasteiger partial charge on any atom is 0.252 e. The Bertz CT molecular complexity index is 879. The monoisotopic (exact) mass is 384 g/mol. The number of rotatable bonds is 4. The number of amides is 1. The van der Waals surface area contributed by atoms with E-state index in [2.05, 4.69) is 0 Å². The smallest absolute Gasteiger partial charge is 0.252 e. The summed E-state index contributed by atoms with van der Waals surface area (Å²) < 4.78 is 26.7. The first-order valence-electron chi connectivity index (χ1n) is 7.42. The van der Waals surface area contributed by atoms with Gasteiger partial charge in [-0.1, -0.05) is 29.8 Å². The van der Waals surface area contributed by atoms with Gasteiger partial charge in [0.1, 0.15) is 4.21 Å². The van der Waals surface area contributed by atoms with Crippen LogP contribution in [-0.2, 0) is 21.2 Å². The summed E-state index contributed by atoms with van der Waals surface area (Å²) in [6, 6.07) is 10.7. The molecule has 1 aromatic heterocycles. The maximum absolute atomic E-state index is 12.7. The fourth-order valence-corrected chi connectivity index (χ4v) is 5.70. The lowest BCUT2D eigenvalue weighted by molar-refractivity contribution is -0.118. The highest BCUT2D eigenvalue weighted by molar-refractivity contribution is 7.91. The third-order valence-electron chi connectivity index (χ3n) is 4.05. The first-order chi connectivity index (χ1) is 11.3. The van der Waals surface area contributed by atoms with Crippen molar-refractivity contribution in [3.05, 3.63) is 46.3 Å². The zero-order valence-electron chi connectivity index (χ0n) is 13.3. The number of carbonyl (C=O) groups excluding carboxylic acids is 1. The minimum atomic E-state index is -3.72. The molecule has 128 valence electrons. The van der Waals surface area contributed by atoms with Crippen LogP contribution in [0.1, 0.15) is 12.5 Å². The van der Waals surface area contributed by atoms with Crippen LogP contribution in [-0.4, -0.2) is 38.3 Å². The molecule has 0 aliphatic carbocycles. The molecule has 2 heterocycles. The third kappa shape index (κ3) is 3.09. The van der Waals surface area contributed by atoms with Crippen molar-refractivity contribution in [3.63, 3.8) is 0 Å². The van der Waals surface area contributed by atoms with Gasteiger partial charge in [0.05, 0.1) is 10.9 Å². The van der Waals surface area contributed by atoms with Crippen molar-refractivity contribution in [2.75, 3.05) is 18.5 Å². The molecule has 1 aliphatic heterocycles. The quantitative estimate of drug-likeness (QED) is 0.814. The molecule has 0 saturated carbocycles. The predicted molar refractivity (Wildman–Crippen MR) is 96.2 cm³/mol. The van der Waals surface area contributed by atoms with Gasteiger partial charge in [-0.2, -0.15) is 4.31 Å². The highest BCUT2D eigenvalue weighted by Gasteiger charge is 2.33. The molecule has 0 spiro atoms. The van der Waals surface area contributed by atoms with Crippen molar-refractivity contribution in [2.24, 2.45) is 0 Å². The second kappa shape index (κ2) is 6.48. The van der Waals surface area contributed by atoms with Gasteiger partial charge in [-0.3, -0.25) is 4.79 Å². The standard InChI is InChI=1S/C16H17ClN2O3S2/c1-11-9-12-5-3-4-6-13(12)19(11)15(20)10-18(2)24(21,22)16-8-7-14(17)23-16/h3-8,11H,9-10H2,1-2H3. The van der Waals surface area contributed by atoms with Gasteiger partial charge in [-0.15, -0.1) is 11.3 Å². The summed E-state index contributed by atoms with van der Waals surface area (Å²) in [6.07, 6.45) is 0.777. The molecule has 1 unspecified atom stereocenters. The number of sulfonamides is 1. The van der Waals surface area contributed by atoms with E-state index in [9.17, 15) is 13.2 Å². The fourth-order valence-electron chi connectivity index (χ4n) is 2.89. The average molecular weight is 385 g/mol. The molecule has 0 N–H and O–H groups in total. The molecular weight excluding hydrogens is 368 g/mol. The van der Waals surface area contributed by atoms with Crippen molar-refractivity contribution in [1.29, 1.82) is 0 Å². The Kier molecular flexibility index (Phi) is 4.70. The number of halogens is 1. The Hall–Kier alpha value is -1.41. The van der Waals surface area contributed by atoms with Gasteiger partial charge in [-0.05, 0) is 37.1 Å². The van der Waals surface area contributed by atoms with Crippen molar-refractivity contribution in [2.45, 2.75) is 23.6 Å². The molecule has 1 aromatic carbocycles. The first-order valence-corrected chi connectivity index (χ1v) is 10.1. The van der Waals surface area contributed by atoms with Crippen molar-refractivity contribution >= 4 is 44.6 Å². The number of para-hydroxylation sites is 1. The lowest BCUT2D eigenvalue weighted by Crippen LogP contribution is -2.43. The molecule has 3 rings (SSSR count). The van der Waals surface area contributed by atoms with Gasteiger partial charge in [0.2, 0.25) is 5.91 Å². The summed E-state index contributed by atoms with van der Waals surface area (Å²) >= 11 is 6.80. The summed E-state index contributed by atoms with van der Waals surface area (Å²) in [5.74, 6) is -0.235. The van der Waals surface area contributed by atoms with Gasteiger partial charge in [0, 0.05) is 18.8 Å². The minimum absolute atomic E-state index is 0.0159. The summed E-state index contributed by atoms with van der Waals surface area (Å²) in [5.41, 5.74) is 1.97. The number of benzene rings is 1. The summed E-state index contributed by atoms with van der Waals surface area (Å²) in [7, 11) is -2.31. The van der Waals surface area contributed by atoms with Crippen LogP contribution < -0.4 is 4.90 Å². The Morgan fingerprint density at radius 2 is 2.04 bits per heavy atom. The Labute approximate surface area is 150 Å². The maximum atomic E-state index is 12.7. The molecule has 2 aromatic rings. The van der Waals surface area contributed by atoms with Crippen LogP contribution in [0.5, 0.6) is 0 Å². The zero-order chi connectivity index (χ0) is 17.5. The topological polar surface area (TPSA) is 57.7 Å². The number of hydrogen-bond donors (Lipinski definition) is 0. The molecule has 1 aliphatic rings. The fraction of sp³-hybridized carbons (Fsp3) is 0.312. The second-order valence-corrected chi connectivity index (χ2v) is 9.75. The third-order valence-corrected chi connectivity index (χ3v) is 7.55. The van der Waals surface area contributed by atoms with Crippen molar-refractivity contribution in [1.82, 2.24) is 4.31 Å². The SMILES string of the molecule is CC1Cc2ccccc2N1C(=O)CN(C)S(=O)(=O)c1ccc(Cl)s1. The predicted octanol–water partition coefficient (Wildman–Crippen LogP) is 3.00. The van der Waals surface area contributed by atoms with Gasteiger partial charge in [-0.25, -0.2) is 8.42 Å². The highest BCUT2D eigenvalue weighted by Crippen LogP contribution is 2.32. The molecule has 5 nitrogen and oxygen atoms in total. The zero-order valence-corrected chi connectivity index (χ0v) is 15.7. The Morgan fingerprint density at radius 1 is 1.33 bits per heavy atom. The van der Waals surface area contributed by atoms with E-state index in [0.29, 0.717) is 4.34 Å². The Morgan fingerprint density at radius 3 is 2.71 bits per heavy atom. The largest absolute Gasteiger partial charge is 0.308 e. The van der Waals surface area contributed by atoms with E-state index >= 15 is 0 Å². The number of hydrogen-bond acceptors (Lipinski definition) is 4. The molecule has 1 amide bonds. The Balaban J connectivity index is 1.80. The van der Waals surface area contributed by atoms with E-state index in [1.54, 1.807) is 4.90 Å². The van der Waals surface area contributed by atoms with Crippen LogP contribution in [0.4, 0.5) is 5.69 Å². The lowest BCUT2D eigenvalue weighted by Gasteiger charge is -2.25. The van der Waals surface area contributed by atoms with E-state index in [4.69, 9.17) is 11.6 Å². The second-order valence-electron chi connectivity index (χ2n) is 5.77. The minimum Gasteiger partial charge on any atom is -0.308 e. The van der Waals surface area contributed by atoms with Crippen LogP contribution in [0.25, 0.3) is 0 Å². The van der Waals surface area contributed by atoms with E-state index in [1.807, 2.05) is 31.2 Å². The molecule has 0 fully saturated rings. The number of likely N-dealkylation sites (N-methyl/N-ethyl adjacent to an activating group) is 1. The van der Waals surface area contributed by atoms with E-state index < -0.39 is 10.0 Å². The normalized spacial score (nSPS) is 17.3. The number of nitrogens with zero attached hydrogens (tertiary/aromatic N) is 2. The van der Waals surface area contributed by atoms with Gasteiger partial charge in [0.25, 0.3) is 10.0 Å². The van der Waals surface area contributed by atoms with Crippen molar-refractivity contribution in [3.8, 4) is 0 Å². The first kappa shape index (κ1) is 17.4. The molecule has 8 heteroatoms. The van der Waals surface area contributed by atoms with Crippen LogP contribution in [0.15, 0.2) is 40.6 Å². The van der Waals surface area contributed by atoms with Crippen LogP contribution in [0, 0.1) is 0 Å². The van der Waals surface area contributed by atoms with Crippen LogP contribution in [0.2, 0.25) is 4.34 Å². The highest BCUT2D eigenvalue weighted by atomic mass is 35.5. The van der Waals surface area contributed by atoms with E-state index in [1.165, 1.54) is 19.2 Å². The lowest BCUT2D eigenvalue weighted by atomic mass is 10.1. The molecule has 1 atom stereocenters. The molecule has 0 bridgehead atoms. The van der Waals surface area contributed by atoms with E-state index in [0.717, 1.165) is 33.3 Å². The van der Waals surface area contributed by atoms with Crippen molar-refractivity contribution < 1.29 is 13.2 Å². The van der Waals surface area contributed by atoms with Crippen LogP contribution in [0.3, 0.4) is 0 Å². The number of thiophene rings is 1.